The molecule has 0 amide bonds. The lowest BCUT2D eigenvalue weighted by Crippen LogP contribution is -2.08. The fourth-order valence-corrected chi connectivity index (χ4v) is 2.19. The minimum absolute atomic E-state index is 0.117. The Bertz CT molecular complexity index is 474. The number of rotatable bonds is 6. The molecule has 1 aromatic rings. The van der Waals surface area contributed by atoms with Crippen LogP contribution in [0.2, 0.25) is 5.02 Å². The van der Waals surface area contributed by atoms with E-state index < -0.39 is 9.84 Å². The zero-order valence-electron chi connectivity index (χ0n) is 9.65. The molecular weight excluding hydrogens is 262 g/mol. The minimum Gasteiger partial charge on any atom is -0.492 e. The van der Waals surface area contributed by atoms with Crippen LogP contribution in [0, 0.1) is 0 Å². The maximum absolute atomic E-state index is 10.9. The van der Waals surface area contributed by atoms with Crippen molar-refractivity contribution in [2.24, 2.45) is 5.73 Å². The standard InChI is InChI=1S/C11H16ClNO3S/c1-17(14,15)6-2-5-16-11-4-3-9(8-13)7-10(11)12/h3-4,7H,2,5-6,8,13H2,1H3. The second kappa shape index (κ2) is 6.23. The van der Waals surface area contributed by atoms with Gasteiger partial charge in [0.2, 0.25) is 0 Å². The molecule has 0 spiro atoms. The highest BCUT2D eigenvalue weighted by Crippen LogP contribution is 2.25. The third-order valence-corrected chi connectivity index (χ3v) is 3.47. The van der Waals surface area contributed by atoms with Crippen LogP contribution in [0.5, 0.6) is 5.75 Å². The summed E-state index contributed by atoms with van der Waals surface area (Å²) in [4.78, 5) is 0. The molecule has 0 aliphatic heterocycles. The molecule has 0 unspecified atom stereocenters. The molecule has 1 rings (SSSR count). The van der Waals surface area contributed by atoms with Gasteiger partial charge in [0.1, 0.15) is 15.6 Å². The first-order valence-corrected chi connectivity index (χ1v) is 7.65. The molecule has 6 heteroatoms. The van der Waals surface area contributed by atoms with E-state index >= 15 is 0 Å². The van der Waals surface area contributed by atoms with Gasteiger partial charge in [-0.2, -0.15) is 0 Å². The van der Waals surface area contributed by atoms with Crippen LogP contribution >= 0.6 is 11.6 Å². The largest absolute Gasteiger partial charge is 0.492 e. The molecule has 0 aliphatic carbocycles. The Morgan fingerprint density at radius 2 is 2.12 bits per heavy atom. The molecule has 0 aliphatic rings. The second-order valence-electron chi connectivity index (χ2n) is 3.80. The summed E-state index contributed by atoms with van der Waals surface area (Å²) in [6.45, 7) is 0.753. The van der Waals surface area contributed by atoms with Crippen LogP contribution in [-0.2, 0) is 16.4 Å². The number of halogens is 1. The molecule has 96 valence electrons. The first-order chi connectivity index (χ1) is 7.92. The van der Waals surface area contributed by atoms with Gasteiger partial charge in [0, 0.05) is 12.8 Å². The van der Waals surface area contributed by atoms with E-state index in [9.17, 15) is 8.42 Å². The van der Waals surface area contributed by atoms with Crippen LogP contribution in [0.1, 0.15) is 12.0 Å². The molecule has 0 aromatic heterocycles. The fourth-order valence-electron chi connectivity index (χ4n) is 1.29. The van der Waals surface area contributed by atoms with Crippen LogP contribution in [0.15, 0.2) is 18.2 Å². The maximum atomic E-state index is 10.9. The number of benzene rings is 1. The molecule has 17 heavy (non-hydrogen) atoms. The third kappa shape index (κ3) is 5.39. The van der Waals surface area contributed by atoms with E-state index in [1.807, 2.05) is 6.07 Å². The van der Waals surface area contributed by atoms with Crippen LogP contribution in [-0.4, -0.2) is 27.0 Å². The summed E-state index contributed by atoms with van der Waals surface area (Å²) >= 11 is 5.98. The summed E-state index contributed by atoms with van der Waals surface area (Å²) in [5.41, 5.74) is 6.40. The van der Waals surface area contributed by atoms with Gasteiger partial charge in [-0.15, -0.1) is 0 Å². The highest BCUT2D eigenvalue weighted by atomic mass is 35.5. The predicted molar refractivity (Wildman–Crippen MR) is 69.2 cm³/mol. The van der Waals surface area contributed by atoms with Gasteiger partial charge in [0.25, 0.3) is 0 Å². The Labute approximate surface area is 107 Å². The number of ether oxygens (including phenoxy) is 1. The van der Waals surface area contributed by atoms with Gasteiger partial charge in [-0.1, -0.05) is 17.7 Å². The van der Waals surface area contributed by atoms with Gasteiger partial charge < -0.3 is 10.5 Å². The first-order valence-electron chi connectivity index (χ1n) is 5.21. The average Bonchev–Trinajstić information content (AvgIpc) is 2.24. The van der Waals surface area contributed by atoms with E-state index in [0.29, 0.717) is 30.3 Å². The van der Waals surface area contributed by atoms with Gasteiger partial charge in [-0.05, 0) is 24.1 Å². The monoisotopic (exact) mass is 277 g/mol. The summed E-state index contributed by atoms with van der Waals surface area (Å²) in [6.07, 6.45) is 1.66. The molecule has 0 radical (unpaired) electrons. The Morgan fingerprint density at radius 3 is 2.65 bits per heavy atom. The molecule has 2 N–H and O–H groups in total. The molecule has 0 heterocycles. The number of hydrogen-bond acceptors (Lipinski definition) is 4. The SMILES string of the molecule is CS(=O)(=O)CCCOc1ccc(CN)cc1Cl. The fraction of sp³-hybridized carbons (Fsp3) is 0.455. The van der Waals surface area contributed by atoms with Crippen molar-refractivity contribution in [1.82, 2.24) is 0 Å². The molecule has 0 bridgehead atoms. The van der Waals surface area contributed by atoms with Crippen molar-refractivity contribution >= 4 is 21.4 Å². The molecule has 1 aromatic carbocycles. The minimum atomic E-state index is -2.93. The number of hydrogen-bond donors (Lipinski definition) is 1. The van der Waals surface area contributed by atoms with Crippen molar-refractivity contribution in [1.29, 1.82) is 0 Å². The molecule has 0 saturated heterocycles. The van der Waals surface area contributed by atoms with E-state index in [1.165, 1.54) is 6.26 Å². The van der Waals surface area contributed by atoms with Crippen molar-refractivity contribution in [3.05, 3.63) is 28.8 Å². The van der Waals surface area contributed by atoms with Crippen molar-refractivity contribution in [3.63, 3.8) is 0 Å². The van der Waals surface area contributed by atoms with Crippen LogP contribution in [0.4, 0.5) is 0 Å². The summed E-state index contributed by atoms with van der Waals surface area (Å²) in [5.74, 6) is 0.670. The summed E-state index contributed by atoms with van der Waals surface area (Å²) in [7, 11) is -2.93. The van der Waals surface area contributed by atoms with Crippen LogP contribution in [0.25, 0.3) is 0 Å². The molecular formula is C11H16ClNO3S. The van der Waals surface area contributed by atoms with Crippen LogP contribution < -0.4 is 10.5 Å². The van der Waals surface area contributed by atoms with E-state index in [1.54, 1.807) is 12.1 Å². The summed E-state index contributed by atoms with van der Waals surface area (Å²) in [6, 6.07) is 5.32. The van der Waals surface area contributed by atoms with Gasteiger partial charge in [-0.25, -0.2) is 8.42 Å². The quantitative estimate of drug-likeness (QED) is 0.802. The predicted octanol–water partition coefficient (Wildman–Crippen LogP) is 1.61. The highest BCUT2D eigenvalue weighted by Gasteiger charge is 2.04. The van der Waals surface area contributed by atoms with Gasteiger partial charge in [0.15, 0.2) is 0 Å². The summed E-state index contributed by atoms with van der Waals surface area (Å²) < 4.78 is 27.2. The zero-order chi connectivity index (χ0) is 12.9. The van der Waals surface area contributed by atoms with E-state index in [4.69, 9.17) is 22.1 Å². The lowest BCUT2D eigenvalue weighted by molar-refractivity contribution is 0.318. The van der Waals surface area contributed by atoms with Gasteiger partial charge in [0.05, 0.1) is 17.4 Å². The Kier molecular flexibility index (Phi) is 5.24. The van der Waals surface area contributed by atoms with Crippen molar-refractivity contribution in [2.45, 2.75) is 13.0 Å². The van der Waals surface area contributed by atoms with Gasteiger partial charge >= 0.3 is 0 Å². The Morgan fingerprint density at radius 1 is 1.41 bits per heavy atom. The number of sulfone groups is 1. The van der Waals surface area contributed by atoms with Crippen molar-refractivity contribution in [2.75, 3.05) is 18.6 Å². The second-order valence-corrected chi connectivity index (χ2v) is 6.47. The van der Waals surface area contributed by atoms with Crippen LogP contribution in [0.3, 0.4) is 0 Å². The topological polar surface area (TPSA) is 69.4 Å². The summed E-state index contributed by atoms with van der Waals surface area (Å²) in [5, 5.41) is 0.493. The average molecular weight is 278 g/mol. The molecule has 4 nitrogen and oxygen atoms in total. The zero-order valence-corrected chi connectivity index (χ0v) is 11.2. The van der Waals surface area contributed by atoms with Crippen molar-refractivity contribution < 1.29 is 13.2 Å². The Hall–Kier alpha value is -0.780. The van der Waals surface area contributed by atoms with E-state index in [-0.39, 0.29) is 5.75 Å². The molecule has 0 saturated carbocycles. The molecule has 0 atom stereocenters. The van der Waals surface area contributed by atoms with Gasteiger partial charge in [-0.3, -0.25) is 0 Å². The van der Waals surface area contributed by atoms with E-state index in [0.717, 1.165) is 5.56 Å². The Balaban J connectivity index is 2.47. The third-order valence-electron chi connectivity index (χ3n) is 2.15. The number of nitrogens with two attached hydrogens (primary N) is 1. The smallest absolute Gasteiger partial charge is 0.147 e. The maximum Gasteiger partial charge on any atom is 0.147 e. The van der Waals surface area contributed by atoms with Crippen molar-refractivity contribution in [3.8, 4) is 5.75 Å². The lowest BCUT2D eigenvalue weighted by atomic mass is 10.2. The molecule has 0 fully saturated rings. The van der Waals surface area contributed by atoms with E-state index in [2.05, 4.69) is 0 Å². The highest BCUT2D eigenvalue weighted by molar-refractivity contribution is 7.90. The normalized spacial score (nSPS) is 11.5. The first kappa shape index (κ1) is 14.3. The lowest BCUT2D eigenvalue weighted by Gasteiger charge is -2.08.